The Morgan fingerprint density at radius 1 is 1.47 bits per heavy atom. The summed E-state index contributed by atoms with van der Waals surface area (Å²) in [7, 11) is 0. The second-order valence-electron chi connectivity index (χ2n) is 3.99. The molecule has 94 valence electrons. The molecule has 0 aromatic heterocycles. The smallest absolute Gasteiger partial charge is 0.252 e. The molecule has 0 fully saturated rings. The van der Waals surface area contributed by atoms with Crippen molar-refractivity contribution in [2.75, 3.05) is 0 Å². The lowest BCUT2D eigenvalue weighted by molar-refractivity contribution is 0.0933. The average Bonchev–Trinajstić information content (AvgIpc) is 2.28. The van der Waals surface area contributed by atoms with Gasteiger partial charge < -0.3 is 5.32 Å². The van der Waals surface area contributed by atoms with Crippen molar-refractivity contribution < 1.29 is 4.79 Å². The third-order valence-electron chi connectivity index (χ3n) is 2.64. The Hall–Kier alpha value is -0.540. The van der Waals surface area contributed by atoms with Crippen molar-refractivity contribution in [2.45, 2.75) is 39.2 Å². The summed E-state index contributed by atoms with van der Waals surface area (Å²) in [4.78, 5) is 12.0. The van der Waals surface area contributed by atoms with Gasteiger partial charge in [-0.25, -0.2) is 0 Å². The van der Waals surface area contributed by atoms with Gasteiger partial charge in [0.2, 0.25) is 0 Å². The van der Waals surface area contributed by atoms with Gasteiger partial charge in [-0.1, -0.05) is 31.9 Å². The van der Waals surface area contributed by atoms with E-state index < -0.39 is 0 Å². The molecule has 0 heterocycles. The molecule has 2 nitrogen and oxygen atoms in total. The molecule has 0 bridgehead atoms. The highest BCUT2D eigenvalue weighted by Crippen LogP contribution is 2.21. The molecule has 0 aliphatic rings. The number of hydrogen-bond donors (Lipinski definition) is 1. The van der Waals surface area contributed by atoms with Crippen LogP contribution in [0.15, 0.2) is 22.7 Å². The number of carbonyl (C=O) groups excluding carboxylic acids is 1. The minimum absolute atomic E-state index is 0.0474. The van der Waals surface area contributed by atoms with Crippen LogP contribution in [0, 0.1) is 0 Å². The summed E-state index contributed by atoms with van der Waals surface area (Å²) in [5, 5.41) is 3.65. The van der Waals surface area contributed by atoms with E-state index >= 15 is 0 Å². The third-order valence-corrected chi connectivity index (χ3v) is 3.53. The van der Waals surface area contributed by atoms with E-state index in [1.165, 1.54) is 0 Å². The first-order valence-electron chi connectivity index (χ1n) is 5.84. The molecular weight excluding hydrogens is 302 g/mol. The van der Waals surface area contributed by atoms with E-state index in [0.29, 0.717) is 10.6 Å². The van der Waals surface area contributed by atoms with Crippen LogP contribution in [-0.4, -0.2) is 11.9 Å². The molecule has 0 aliphatic heterocycles. The van der Waals surface area contributed by atoms with Crippen molar-refractivity contribution in [1.29, 1.82) is 0 Å². The van der Waals surface area contributed by atoms with Gasteiger partial charge in [-0.3, -0.25) is 4.79 Å². The molecule has 1 rings (SSSR count). The number of carbonyl (C=O) groups is 1. The molecule has 0 spiro atoms. The zero-order valence-electron chi connectivity index (χ0n) is 10.1. The predicted octanol–water partition coefficient (Wildman–Crippen LogP) is 4.41. The fraction of sp³-hybridized carbons (Fsp3) is 0.462. The summed E-state index contributed by atoms with van der Waals surface area (Å²) < 4.78 is 0.730. The Morgan fingerprint density at radius 2 is 2.18 bits per heavy atom. The van der Waals surface area contributed by atoms with Crippen molar-refractivity contribution in [3.8, 4) is 0 Å². The number of halogens is 2. The van der Waals surface area contributed by atoms with Gasteiger partial charge in [-0.05, 0) is 47.0 Å². The lowest BCUT2D eigenvalue weighted by atomic mass is 10.1. The lowest BCUT2D eigenvalue weighted by Gasteiger charge is -2.16. The van der Waals surface area contributed by atoms with Gasteiger partial charge in [0.1, 0.15) is 0 Å². The van der Waals surface area contributed by atoms with E-state index in [1.807, 2.05) is 0 Å². The number of hydrogen-bond acceptors (Lipinski definition) is 1. The number of rotatable bonds is 5. The molecule has 0 saturated heterocycles. The normalized spacial score (nSPS) is 12.2. The maximum Gasteiger partial charge on any atom is 0.252 e. The van der Waals surface area contributed by atoms with Crippen molar-refractivity contribution >= 4 is 33.4 Å². The molecule has 1 aromatic rings. The van der Waals surface area contributed by atoms with Crippen molar-refractivity contribution in [2.24, 2.45) is 0 Å². The van der Waals surface area contributed by atoms with E-state index in [1.54, 1.807) is 18.2 Å². The highest BCUT2D eigenvalue weighted by molar-refractivity contribution is 9.10. The molecule has 0 radical (unpaired) electrons. The maximum atomic E-state index is 12.0. The molecule has 1 aromatic carbocycles. The van der Waals surface area contributed by atoms with Crippen molar-refractivity contribution in [1.82, 2.24) is 5.32 Å². The highest BCUT2D eigenvalue weighted by atomic mass is 79.9. The highest BCUT2D eigenvalue weighted by Gasteiger charge is 2.14. The second-order valence-corrected chi connectivity index (χ2v) is 5.28. The Morgan fingerprint density at radius 3 is 2.71 bits per heavy atom. The SMILES string of the molecule is CCCC(CC)NC(=O)c1ccc(Cl)cc1Br. The first-order valence-corrected chi connectivity index (χ1v) is 7.01. The van der Waals surface area contributed by atoms with E-state index in [4.69, 9.17) is 11.6 Å². The molecule has 1 unspecified atom stereocenters. The molecule has 0 saturated carbocycles. The Bertz CT molecular complexity index is 395. The Labute approximate surface area is 116 Å². The van der Waals surface area contributed by atoms with E-state index in [9.17, 15) is 4.79 Å². The third kappa shape index (κ3) is 4.32. The quantitative estimate of drug-likeness (QED) is 0.856. The lowest BCUT2D eigenvalue weighted by Crippen LogP contribution is -2.34. The minimum Gasteiger partial charge on any atom is -0.349 e. The fourth-order valence-corrected chi connectivity index (χ4v) is 2.53. The van der Waals surface area contributed by atoms with E-state index in [-0.39, 0.29) is 11.9 Å². The molecule has 1 N–H and O–H groups in total. The largest absolute Gasteiger partial charge is 0.349 e. The van der Waals surface area contributed by atoms with Gasteiger partial charge in [-0.2, -0.15) is 0 Å². The summed E-state index contributed by atoms with van der Waals surface area (Å²) in [5.74, 6) is -0.0474. The molecule has 1 atom stereocenters. The van der Waals surface area contributed by atoms with Gasteiger partial charge in [-0.15, -0.1) is 0 Å². The van der Waals surface area contributed by atoms with E-state index in [2.05, 4.69) is 35.1 Å². The molecule has 17 heavy (non-hydrogen) atoms. The average molecular weight is 319 g/mol. The van der Waals surface area contributed by atoms with Crippen LogP contribution in [0.4, 0.5) is 0 Å². The zero-order chi connectivity index (χ0) is 12.8. The van der Waals surface area contributed by atoms with Crippen LogP contribution in [0.5, 0.6) is 0 Å². The maximum absolute atomic E-state index is 12.0. The monoisotopic (exact) mass is 317 g/mol. The van der Waals surface area contributed by atoms with Crippen LogP contribution >= 0.6 is 27.5 Å². The zero-order valence-corrected chi connectivity index (χ0v) is 12.4. The molecule has 0 aliphatic carbocycles. The predicted molar refractivity (Wildman–Crippen MR) is 75.6 cm³/mol. The van der Waals surface area contributed by atoms with Crippen LogP contribution < -0.4 is 5.32 Å². The first kappa shape index (κ1) is 14.5. The summed E-state index contributed by atoms with van der Waals surface area (Å²) in [6.45, 7) is 4.20. The standard InChI is InChI=1S/C13H17BrClNO/c1-3-5-10(4-2)16-13(17)11-7-6-9(15)8-12(11)14/h6-8,10H,3-5H2,1-2H3,(H,16,17). The number of benzene rings is 1. The molecule has 1 amide bonds. The fourth-order valence-electron chi connectivity index (χ4n) is 1.66. The van der Waals surface area contributed by atoms with Crippen LogP contribution in [0.1, 0.15) is 43.5 Å². The first-order chi connectivity index (χ1) is 8.08. The Kier molecular flexibility index (Phi) is 6.00. The minimum atomic E-state index is -0.0474. The van der Waals surface area contributed by atoms with Gasteiger partial charge in [0.15, 0.2) is 0 Å². The summed E-state index contributed by atoms with van der Waals surface area (Å²) in [5.41, 5.74) is 0.629. The number of amides is 1. The van der Waals surface area contributed by atoms with Crippen LogP contribution in [0.2, 0.25) is 5.02 Å². The second kappa shape index (κ2) is 7.02. The van der Waals surface area contributed by atoms with Gasteiger partial charge in [0, 0.05) is 15.5 Å². The Balaban J connectivity index is 2.75. The topological polar surface area (TPSA) is 29.1 Å². The van der Waals surface area contributed by atoms with Crippen molar-refractivity contribution in [3.63, 3.8) is 0 Å². The van der Waals surface area contributed by atoms with E-state index in [0.717, 1.165) is 23.7 Å². The van der Waals surface area contributed by atoms with Crippen LogP contribution in [0.3, 0.4) is 0 Å². The van der Waals surface area contributed by atoms with Gasteiger partial charge in [0.25, 0.3) is 5.91 Å². The van der Waals surface area contributed by atoms with Crippen molar-refractivity contribution in [3.05, 3.63) is 33.3 Å². The van der Waals surface area contributed by atoms with Crippen LogP contribution in [0.25, 0.3) is 0 Å². The van der Waals surface area contributed by atoms with Crippen LogP contribution in [-0.2, 0) is 0 Å². The van der Waals surface area contributed by atoms with Gasteiger partial charge >= 0.3 is 0 Å². The number of nitrogens with one attached hydrogen (secondary N) is 1. The summed E-state index contributed by atoms with van der Waals surface area (Å²) in [6, 6.07) is 5.44. The van der Waals surface area contributed by atoms with Gasteiger partial charge in [0.05, 0.1) is 5.56 Å². The molecular formula is C13H17BrClNO. The summed E-state index contributed by atoms with van der Waals surface area (Å²) in [6.07, 6.45) is 3.03. The molecule has 4 heteroatoms. The summed E-state index contributed by atoms with van der Waals surface area (Å²) >= 11 is 9.20.